The van der Waals surface area contributed by atoms with E-state index >= 15 is 0 Å². The topological polar surface area (TPSA) is 161 Å². The van der Waals surface area contributed by atoms with Crippen molar-refractivity contribution < 1.29 is 9.72 Å². The first-order valence-corrected chi connectivity index (χ1v) is 8.73. The van der Waals surface area contributed by atoms with Crippen molar-refractivity contribution in [2.45, 2.75) is 38.1 Å². The second kappa shape index (κ2) is 6.46. The smallest absolute Gasteiger partial charge is 0.352 e. The van der Waals surface area contributed by atoms with Crippen molar-refractivity contribution in [2.24, 2.45) is 28.8 Å². The number of nitrogens with zero attached hydrogens (tertiary/aromatic N) is 5. The number of aromatic nitrogens is 3. The van der Waals surface area contributed by atoms with Gasteiger partial charge in [0.15, 0.2) is 0 Å². The minimum atomic E-state index is -0.790. The monoisotopic (exact) mass is 360 g/mol. The van der Waals surface area contributed by atoms with Gasteiger partial charge in [0.1, 0.15) is 0 Å². The third-order valence-corrected chi connectivity index (χ3v) is 5.70. The maximum absolute atomic E-state index is 12.0. The normalized spacial score (nSPS) is 31.9. The van der Waals surface area contributed by atoms with E-state index in [0.717, 1.165) is 11.8 Å². The number of anilines is 2. The molecule has 1 aromatic heterocycles. The van der Waals surface area contributed by atoms with E-state index in [-0.39, 0.29) is 23.8 Å². The van der Waals surface area contributed by atoms with E-state index in [0.29, 0.717) is 18.2 Å². The van der Waals surface area contributed by atoms with Crippen molar-refractivity contribution in [3.63, 3.8) is 0 Å². The number of amides is 1. The minimum Gasteiger partial charge on any atom is -0.368 e. The average molecular weight is 360 g/mol. The number of hydrogen-bond acceptors (Lipinski definition) is 9. The van der Waals surface area contributed by atoms with Crippen LogP contribution in [-0.4, -0.2) is 38.2 Å². The summed E-state index contributed by atoms with van der Waals surface area (Å²) in [5.74, 6) is 2.06. The molecule has 1 aromatic rings. The average Bonchev–Trinajstić information content (AvgIpc) is 2.56. The Kier molecular flexibility index (Phi) is 4.13. The fourth-order valence-corrected chi connectivity index (χ4v) is 5.05. The van der Waals surface area contributed by atoms with Gasteiger partial charge in [0, 0.05) is 6.04 Å². The molecule has 11 nitrogen and oxygen atoms in total. The zero-order valence-electron chi connectivity index (χ0n) is 14.0. The van der Waals surface area contributed by atoms with Gasteiger partial charge in [-0.2, -0.15) is 15.0 Å². The van der Waals surface area contributed by atoms with Gasteiger partial charge in [0.2, 0.25) is 17.7 Å². The summed E-state index contributed by atoms with van der Waals surface area (Å²) in [7, 11) is 0. The van der Waals surface area contributed by atoms with E-state index in [1.807, 2.05) is 5.43 Å². The Labute approximate surface area is 149 Å². The van der Waals surface area contributed by atoms with Crippen LogP contribution in [0, 0.1) is 33.8 Å². The number of hydrazone groups is 1. The molecule has 0 saturated heterocycles. The molecule has 0 radical (unpaired) electrons. The molecule has 4 bridgehead atoms. The van der Waals surface area contributed by atoms with E-state index in [4.69, 9.17) is 5.73 Å². The molecule has 5 rings (SSSR count). The molecule has 4 fully saturated rings. The highest BCUT2D eigenvalue weighted by atomic mass is 16.6. The van der Waals surface area contributed by atoms with Crippen LogP contribution in [0.3, 0.4) is 0 Å². The molecule has 26 heavy (non-hydrogen) atoms. The number of carbonyl (C=O) groups excluding carboxylic acids is 1. The van der Waals surface area contributed by atoms with Crippen LogP contribution in [0.25, 0.3) is 0 Å². The van der Waals surface area contributed by atoms with Gasteiger partial charge >= 0.3 is 12.2 Å². The van der Waals surface area contributed by atoms with Crippen molar-refractivity contribution in [2.75, 3.05) is 11.1 Å². The number of nitrogens with one attached hydrogen (secondary N) is 2. The van der Waals surface area contributed by atoms with E-state index in [2.05, 4.69) is 25.4 Å². The van der Waals surface area contributed by atoms with Crippen LogP contribution >= 0.6 is 0 Å². The number of nitrogen functional groups attached to an aromatic ring is 1. The predicted molar refractivity (Wildman–Crippen MR) is 91.6 cm³/mol. The molecule has 4 N–H and O–H groups in total. The van der Waals surface area contributed by atoms with Crippen molar-refractivity contribution in [3.05, 3.63) is 15.9 Å². The Hall–Kier alpha value is -2.85. The fourth-order valence-electron chi connectivity index (χ4n) is 5.05. The SMILES string of the molecule is Nc1nc(NC2C3CC4CC(C3)CC2C4)nc(C(=O)N/N=C/[N+](=O)[O-])n1. The van der Waals surface area contributed by atoms with Crippen LogP contribution < -0.4 is 16.5 Å². The third kappa shape index (κ3) is 3.28. The lowest BCUT2D eigenvalue weighted by Gasteiger charge is -2.54. The van der Waals surface area contributed by atoms with Crippen LogP contribution in [-0.2, 0) is 0 Å². The van der Waals surface area contributed by atoms with Crippen molar-refractivity contribution >= 4 is 24.1 Å². The van der Waals surface area contributed by atoms with E-state index in [1.165, 1.54) is 32.1 Å². The first-order valence-electron chi connectivity index (χ1n) is 8.73. The molecule has 4 aliphatic carbocycles. The van der Waals surface area contributed by atoms with Gasteiger partial charge in [-0.3, -0.25) is 4.79 Å². The van der Waals surface area contributed by atoms with Crippen molar-refractivity contribution in [1.29, 1.82) is 0 Å². The second-order valence-corrected chi connectivity index (χ2v) is 7.41. The van der Waals surface area contributed by atoms with Gasteiger partial charge in [-0.1, -0.05) is 0 Å². The van der Waals surface area contributed by atoms with Gasteiger partial charge in [0.05, 0.1) is 5.10 Å². The lowest BCUT2D eigenvalue weighted by Crippen LogP contribution is -2.51. The fraction of sp³-hybridized carbons (Fsp3) is 0.667. The van der Waals surface area contributed by atoms with Crippen LogP contribution in [0.4, 0.5) is 11.9 Å². The zero-order valence-corrected chi connectivity index (χ0v) is 14.0. The highest BCUT2D eigenvalue weighted by molar-refractivity contribution is 5.90. The maximum Gasteiger partial charge on any atom is 0.352 e. The lowest BCUT2D eigenvalue weighted by molar-refractivity contribution is -0.339. The summed E-state index contributed by atoms with van der Waals surface area (Å²) >= 11 is 0. The Morgan fingerprint density at radius 3 is 2.42 bits per heavy atom. The first kappa shape index (κ1) is 16.6. The molecule has 4 saturated carbocycles. The number of nitro groups is 1. The Morgan fingerprint density at radius 1 is 1.15 bits per heavy atom. The largest absolute Gasteiger partial charge is 0.368 e. The molecule has 1 amide bonds. The minimum absolute atomic E-state index is 0.0882. The Balaban J connectivity index is 1.48. The molecule has 1 heterocycles. The summed E-state index contributed by atoms with van der Waals surface area (Å²) in [6.07, 6.45) is 6.66. The summed E-state index contributed by atoms with van der Waals surface area (Å²) in [5.41, 5.74) is 7.69. The van der Waals surface area contributed by atoms with E-state index in [1.54, 1.807) is 0 Å². The summed E-state index contributed by atoms with van der Waals surface area (Å²) in [5, 5.41) is 16.8. The molecule has 138 valence electrons. The summed E-state index contributed by atoms with van der Waals surface area (Å²) < 4.78 is 0. The summed E-state index contributed by atoms with van der Waals surface area (Å²) in [6.45, 7) is 0. The third-order valence-electron chi connectivity index (χ3n) is 5.70. The number of nitrogens with two attached hydrogens (primary N) is 1. The van der Waals surface area contributed by atoms with Gasteiger partial charge < -0.3 is 21.2 Å². The van der Waals surface area contributed by atoms with Gasteiger partial charge in [-0.25, -0.2) is 0 Å². The van der Waals surface area contributed by atoms with Crippen LogP contribution in [0.2, 0.25) is 0 Å². The van der Waals surface area contributed by atoms with Crippen LogP contribution in [0.1, 0.15) is 42.7 Å². The highest BCUT2D eigenvalue weighted by Crippen LogP contribution is 2.54. The lowest BCUT2D eigenvalue weighted by atomic mass is 9.54. The predicted octanol–water partition coefficient (Wildman–Crippen LogP) is 0.640. The van der Waals surface area contributed by atoms with E-state index in [9.17, 15) is 14.9 Å². The zero-order chi connectivity index (χ0) is 18.3. The quantitative estimate of drug-likeness (QED) is 0.298. The van der Waals surface area contributed by atoms with Gasteiger partial charge in [-0.05, 0) is 60.7 Å². The number of rotatable bonds is 5. The van der Waals surface area contributed by atoms with E-state index < -0.39 is 10.8 Å². The van der Waals surface area contributed by atoms with Crippen LogP contribution in [0.15, 0.2) is 5.10 Å². The molecule has 0 atom stereocenters. The van der Waals surface area contributed by atoms with Gasteiger partial charge in [-0.15, -0.1) is 5.43 Å². The summed E-state index contributed by atoms with van der Waals surface area (Å²) in [4.78, 5) is 33.4. The summed E-state index contributed by atoms with van der Waals surface area (Å²) in [6, 6.07) is 0.285. The molecule has 0 aliphatic heterocycles. The standard InChI is InChI=1S/C15H20N8O3/c16-14-19-12(13(24)22-17-6-23(25)26)20-15(21-14)18-11-9-2-7-1-8(4-9)5-10(11)3-7/h6-11H,1-5H2,(H,22,24)(H3,16,18,19,20,21)/b17-6+. The Morgan fingerprint density at radius 2 is 1.81 bits per heavy atom. The molecule has 4 aliphatic rings. The Bertz CT molecular complexity index is 739. The number of hydrogen-bond donors (Lipinski definition) is 3. The maximum atomic E-state index is 12.0. The molecular weight excluding hydrogens is 340 g/mol. The van der Waals surface area contributed by atoms with Crippen molar-refractivity contribution in [3.8, 4) is 0 Å². The van der Waals surface area contributed by atoms with Gasteiger partial charge in [0.25, 0.3) is 0 Å². The molecule has 0 aromatic carbocycles. The molecular formula is C15H20N8O3. The number of carbonyl (C=O) groups is 1. The van der Waals surface area contributed by atoms with Crippen molar-refractivity contribution in [1.82, 2.24) is 20.4 Å². The molecule has 0 unspecified atom stereocenters. The molecule has 0 spiro atoms. The second-order valence-electron chi connectivity index (χ2n) is 7.41. The van der Waals surface area contributed by atoms with Crippen LogP contribution in [0.5, 0.6) is 0 Å². The highest BCUT2D eigenvalue weighted by Gasteiger charge is 2.48. The first-order chi connectivity index (χ1) is 12.5. The molecule has 11 heteroatoms.